The van der Waals surface area contributed by atoms with E-state index in [1.807, 2.05) is 11.3 Å². The van der Waals surface area contributed by atoms with Gasteiger partial charge in [-0.05, 0) is 108 Å². The molecule has 1 spiro atoms. The van der Waals surface area contributed by atoms with Crippen LogP contribution in [0.15, 0.2) is 200 Å². The summed E-state index contributed by atoms with van der Waals surface area (Å²) in [5, 5.41) is 10.2. The zero-order chi connectivity index (χ0) is 37.2. The van der Waals surface area contributed by atoms with Crippen molar-refractivity contribution in [2.75, 3.05) is 4.90 Å². The van der Waals surface area contributed by atoms with Gasteiger partial charge in [-0.3, -0.25) is 0 Å². The van der Waals surface area contributed by atoms with Gasteiger partial charge < -0.3 is 4.90 Å². The number of hydrogen-bond donors (Lipinski definition) is 0. The molecule has 2 aliphatic carbocycles. The fourth-order valence-corrected chi connectivity index (χ4v) is 11.8. The maximum atomic E-state index is 2.58. The Hall–Kier alpha value is -7.00. The van der Waals surface area contributed by atoms with Crippen molar-refractivity contribution in [1.82, 2.24) is 0 Å². The highest BCUT2D eigenvalue weighted by Gasteiger charge is 2.52. The van der Waals surface area contributed by atoms with Gasteiger partial charge in [0, 0.05) is 31.4 Å². The Balaban J connectivity index is 1.17. The van der Waals surface area contributed by atoms with E-state index in [-0.39, 0.29) is 0 Å². The molecule has 0 unspecified atom stereocenters. The van der Waals surface area contributed by atoms with Crippen molar-refractivity contribution in [1.29, 1.82) is 0 Å². The molecule has 13 rings (SSSR count). The molecule has 2 heteroatoms. The minimum atomic E-state index is -0.430. The molecule has 0 saturated carbocycles. The van der Waals surface area contributed by atoms with Gasteiger partial charge in [-0.1, -0.05) is 164 Å². The number of thiophene rings is 1. The number of hydrogen-bond acceptors (Lipinski definition) is 2. The lowest BCUT2D eigenvalue weighted by molar-refractivity contribution is 0.794. The zero-order valence-corrected chi connectivity index (χ0v) is 31.7. The molecule has 10 aromatic carbocycles. The van der Waals surface area contributed by atoms with Gasteiger partial charge >= 0.3 is 0 Å². The predicted octanol–water partition coefficient (Wildman–Crippen LogP) is 15.3. The van der Waals surface area contributed by atoms with Gasteiger partial charge in [-0.2, -0.15) is 0 Å². The van der Waals surface area contributed by atoms with Crippen molar-refractivity contribution in [3.63, 3.8) is 0 Å². The molecule has 0 saturated heterocycles. The summed E-state index contributed by atoms with van der Waals surface area (Å²) in [5.74, 6) is 0. The van der Waals surface area contributed by atoms with Gasteiger partial charge in [0.15, 0.2) is 0 Å². The molecule has 0 atom stereocenters. The molecule has 1 nitrogen and oxygen atoms in total. The third kappa shape index (κ3) is 4.02. The molecule has 11 aromatic rings. The van der Waals surface area contributed by atoms with Crippen LogP contribution in [0, 0.1) is 0 Å². The number of nitrogens with zero attached hydrogens (tertiary/aromatic N) is 1. The summed E-state index contributed by atoms with van der Waals surface area (Å²) in [6.07, 6.45) is 0. The molecule has 0 aliphatic heterocycles. The topological polar surface area (TPSA) is 3.24 Å². The number of fused-ring (bicyclic) bond motifs is 19. The van der Waals surface area contributed by atoms with Gasteiger partial charge in [-0.25, -0.2) is 0 Å². The normalized spacial score (nSPS) is 13.4. The van der Waals surface area contributed by atoms with Gasteiger partial charge in [0.25, 0.3) is 0 Å². The first kappa shape index (κ1) is 31.2. The van der Waals surface area contributed by atoms with Gasteiger partial charge in [0.2, 0.25) is 0 Å². The van der Waals surface area contributed by atoms with Crippen molar-refractivity contribution >= 4 is 80.9 Å². The minimum Gasteiger partial charge on any atom is -0.309 e. The maximum Gasteiger partial charge on any atom is 0.0726 e. The van der Waals surface area contributed by atoms with E-state index in [2.05, 4.69) is 205 Å². The van der Waals surface area contributed by atoms with Crippen LogP contribution in [0.25, 0.3) is 74.7 Å². The van der Waals surface area contributed by atoms with Crippen LogP contribution in [0.2, 0.25) is 0 Å². The van der Waals surface area contributed by atoms with E-state index < -0.39 is 5.41 Å². The molecule has 57 heavy (non-hydrogen) atoms. The molecule has 0 fully saturated rings. The molecule has 0 N–H and O–H groups in total. The summed E-state index contributed by atoms with van der Waals surface area (Å²) in [4.78, 5) is 2.58. The Bertz CT molecular complexity index is 3420. The van der Waals surface area contributed by atoms with Crippen LogP contribution in [0.1, 0.15) is 22.3 Å². The third-order valence-electron chi connectivity index (χ3n) is 12.8. The first-order chi connectivity index (χ1) is 28.3. The Morgan fingerprint density at radius 3 is 1.49 bits per heavy atom. The summed E-state index contributed by atoms with van der Waals surface area (Å²) < 4.78 is 2.59. The fourth-order valence-electron chi connectivity index (χ4n) is 10.7. The number of anilines is 3. The lowest BCUT2D eigenvalue weighted by Gasteiger charge is -2.32. The first-order valence-electron chi connectivity index (χ1n) is 19.8. The van der Waals surface area contributed by atoms with E-state index >= 15 is 0 Å². The van der Waals surface area contributed by atoms with Crippen LogP contribution in [-0.4, -0.2) is 0 Å². The highest BCUT2D eigenvalue weighted by Crippen LogP contribution is 2.65. The Morgan fingerprint density at radius 1 is 0.333 bits per heavy atom. The quantitative estimate of drug-likeness (QED) is 0.163. The molecule has 264 valence electrons. The summed E-state index contributed by atoms with van der Waals surface area (Å²) in [5.41, 5.74) is 13.7. The highest BCUT2D eigenvalue weighted by molar-refractivity contribution is 7.26. The summed E-state index contributed by atoms with van der Waals surface area (Å²) in [6.45, 7) is 0. The molecular formula is C55H33NS. The molecule has 0 bridgehead atoms. The standard InChI is InChI=1S/C55H33NS/c1-2-17-37-35(15-1)36-16-3-4-18-38(36)44-33-34(31-32-39(37)44)56(50-28-14-30-52-54(50)43-22-8-12-29-51(43)57-52)49-27-13-26-48-53(49)42-21-7-11-25-47(42)55(48)45-23-9-5-19-40(45)41-20-6-10-24-46(41)55/h1-33H. The second kappa shape index (κ2) is 11.5. The Labute approximate surface area is 334 Å². The van der Waals surface area contributed by atoms with Crippen LogP contribution in [-0.2, 0) is 5.41 Å². The second-order valence-corrected chi connectivity index (χ2v) is 16.6. The van der Waals surface area contributed by atoms with Crippen LogP contribution >= 0.6 is 11.3 Å². The maximum absolute atomic E-state index is 2.58. The van der Waals surface area contributed by atoms with E-state index in [0.717, 1.165) is 5.69 Å². The average molecular weight is 740 g/mol. The van der Waals surface area contributed by atoms with Gasteiger partial charge in [-0.15, -0.1) is 11.3 Å². The molecule has 0 amide bonds. The predicted molar refractivity (Wildman–Crippen MR) is 243 cm³/mol. The summed E-state index contributed by atoms with van der Waals surface area (Å²) in [6, 6.07) is 75.1. The van der Waals surface area contributed by atoms with Crippen LogP contribution in [0.5, 0.6) is 0 Å². The Morgan fingerprint density at radius 2 is 0.807 bits per heavy atom. The van der Waals surface area contributed by atoms with Crippen molar-refractivity contribution in [2.24, 2.45) is 0 Å². The Kier molecular flexibility index (Phi) is 6.31. The largest absolute Gasteiger partial charge is 0.309 e. The van der Waals surface area contributed by atoms with E-state index in [1.54, 1.807) is 0 Å². The molecule has 1 aromatic heterocycles. The molecule has 0 radical (unpaired) electrons. The van der Waals surface area contributed by atoms with Crippen molar-refractivity contribution in [3.05, 3.63) is 222 Å². The van der Waals surface area contributed by atoms with Gasteiger partial charge in [0.05, 0.1) is 16.8 Å². The molecular weight excluding hydrogens is 707 g/mol. The lowest BCUT2D eigenvalue weighted by Crippen LogP contribution is -2.26. The third-order valence-corrected chi connectivity index (χ3v) is 14.0. The smallest absolute Gasteiger partial charge is 0.0726 e. The molecule has 1 heterocycles. The monoisotopic (exact) mass is 739 g/mol. The molecule has 2 aliphatic rings. The zero-order valence-electron chi connectivity index (χ0n) is 30.9. The van der Waals surface area contributed by atoms with Crippen LogP contribution in [0.3, 0.4) is 0 Å². The summed E-state index contributed by atoms with van der Waals surface area (Å²) >= 11 is 1.88. The van der Waals surface area contributed by atoms with Crippen LogP contribution in [0.4, 0.5) is 17.1 Å². The average Bonchev–Trinajstić information content (AvgIpc) is 3.92. The van der Waals surface area contributed by atoms with Crippen LogP contribution < -0.4 is 4.90 Å². The highest BCUT2D eigenvalue weighted by atomic mass is 32.1. The number of rotatable bonds is 3. The van der Waals surface area contributed by atoms with E-state index in [4.69, 9.17) is 0 Å². The number of benzene rings is 10. The minimum absolute atomic E-state index is 0.430. The van der Waals surface area contributed by atoms with Crippen molar-refractivity contribution in [2.45, 2.75) is 5.41 Å². The van der Waals surface area contributed by atoms with Gasteiger partial charge in [0.1, 0.15) is 0 Å². The van der Waals surface area contributed by atoms with E-state index in [9.17, 15) is 0 Å². The SMILES string of the molecule is c1ccc2c(c1)-c1ccccc1C21c2ccccc2-c2c(N(c3ccc4c5ccccc5c5ccccc5c4c3)c3cccc4sc5ccccc5c34)cccc21. The van der Waals surface area contributed by atoms with E-state index in [0.29, 0.717) is 0 Å². The lowest BCUT2D eigenvalue weighted by atomic mass is 9.70. The van der Waals surface area contributed by atoms with E-state index in [1.165, 1.54) is 108 Å². The first-order valence-corrected chi connectivity index (χ1v) is 20.6. The fraction of sp³-hybridized carbons (Fsp3) is 0.0182. The van der Waals surface area contributed by atoms with Crippen molar-refractivity contribution < 1.29 is 0 Å². The summed E-state index contributed by atoms with van der Waals surface area (Å²) in [7, 11) is 0. The van der Waals surface area contributed by atoms with Crippen molar-refractivity contribution in [3.8, 4) is 22.3 Å². The second-order valence-electron chi connectivity index (χ2n) is 15.5.